The standard InChI is InChI=1S/C26H22O8/c27-23(17-10-4-1-5-11-17)31-16-20-21(33-24(28)18-12-6-2-7-13-18)22(26(30)32-20)34-25(29)19-14-8-3-9-15-19/h1-15,20-22,26,30H,16H2/t20-,21?,22?,26?/m0/s1. The topological polar surface area (TPSA) is 108 Å². The minimum absolute atomic E-state index is 0.252. The van der Waals surface area contributed by atoms with Gasteiger partial charge >= 0.3 is 17.9 Å². The van der Waals surface area contributed by atoms with E-state index in [0.29, 0.717) is 5.56 Å². The maximum atomic E-state index is 12.7. The number of hydrogen-bond acceptors (Lipinski definition) is 8. The van der Waals surface area contributed by atoms with Crippen LogP contribution in [0.2, 0.25) is 0 Å². The second-order valence-electron chi connectivity index (χ2n) is 7.50. The second kappa shape index (κ2) is 10.7. The van der Waals surface area contributed by atoms with Gasteiger partial charge in [0.25, 0.3) is 0 Å². The van der Waals surface area contributed by atoms with Gasteiger partial charge in [0.15, 0.2) is 18.5 Å². The molecule has 1 aliphatic rings. The first-order valence-corrected chi connectivity index (χ1v) is 10.6. The number of esters is 3. The van der Waals surface area contributed by atoms with Gasteiger partial charge in [0, 0.05) is 0 Å². The van der Waals surface area contributed by atoms with Crippen molar-refractivity contribution in [3.05, 3.63) is 108 Å². The molecule has 3 unspecified atom stereocenters. The van der Waals surface area contributed by atoms with E-state index in [4.69, 9.17) is 18.9 Å². The monoisotopic (exact) mass is 462 g/mol. The molecule has 4 atom stereocenters. The first-order valence-electron chi connectivity index (χ1n) is 10.6. The van der Waals surface area contributed by atoms with Crippen LogP contribution in [0.15, 0.2) is 91.0 Å². The van der Waals surface area contributed by atoms with Crippen molar-refractivity contribution in [3.63, 3.8) is 0 Å². The third kappa shape index (κ3) is 5.48. The molecule has 0 aromatic heterocycles. The summed E-state index contributed by atoms with van der Waals surface area (Å²) in [6.45, 7) is -0.336. The van der Waals surface area contributed by atoms with Crippen molar-refractivity contribution in [2.75, 3.05) is 6.61 Å². The number of aliphatic hydroxyl groups is 1. The van der Waals surface area contributed by atoms with E-state index in [9.17, 15) is 19.5 Å². The minimum atomic E-state index is -1.60. The Morgan fingerprint density at radius 1 is 0.647 bits per heavy atom. The highest BCUT2D eigenvalue weighted by atomic mass is 16.7. The number of rotatable bonds is 7. The van der Waals surface area contributed by atoms with Crippen molar-refractivity contribution in [2.45, 2.75) is 24.6 Å². The van der Waals surface area contributed by atoms with Crippen molar-refractivity contribution in [3.8, 4) is 0 Å². The van der Waals surface area contributed by atoms with Crippen LogP contribution in [0.3, 0.4) is 0 Å². The molecule has 4 rings (SSSR count). The molecule has 174 valence electrons. The fraction of sp³-hybridized carbons (Fsp3) is 0.192. The van der Waals surface area contributed by atoms with Crippen molar-refractivity contribution in [1.29, 1.82) is 0 Å². The average molecular weight is 462 g/mol. The Kier molecular flexibility index (Phi) is 7.31. The number of carbonyl (C=O) groups excluding carboxylic acids is 3. The molecule has 0 bridgehead atoms. The van der Waals surface area contributed by atoms with E-state index in [1.54, 1.807) is 91.0 Å². The summed E-state index contributed by atoms with van der Waals surface area (Å²) in [7, 11) is 0. The molecule has 3 aromatic carbocycles. The number of aliphatic hydroxyl groups excluding tert-OH is 1. The summed E-state index contributed by atoms with van der Waals surface area (Å²) in [5.74, 6) is -2.05. The number of benzene rings is 3. The number of carbonyl (C=O) groups is 3. The van der Waals surface area contributed by atoms with Crippen LogP contribution < -0.4 is 0 Å². The number of hydrogen-bond donors (Lipinski definition) is 1. The summed E-state index contributed by atoms with van der Waals surface area (Å²) >= 11 is 0. The SMILES string of the molecule is O=C(OC[C@@H]1OC(O)C(OC(=O)c2ccccc2)C1OC(=O)c1ccccc1)c1ccccc1. The molecule has 0 radical (unpaired) electrons. The third-order valence-electron chi connectivity index (χ3n) is 5.18. The summed E-state index contributed by atoms with van der Waals surface area (Å²) in [6.07, 6.45) is -5.22. The molecule has 0 amide bonds. The predicted molar refractivity (Wildman–Crippen MR) is 119 cm³/mol. The van der Waals surface area contributed by atoms with Crippen molar-refractivity contribution in [1.82, 2.24) is 0 Å². The fourth-order valence-corrected chi connectivity index (χ4v) is 3.46. The molecular formula is C26H22O8. The minimum Gasteiger partial charge on any atom is -0.459 e. The van der Waals surface area contributed by atoms with E-state index in [-0.39, 0.29) is 17.7 Å². The van der Waals surface area contributed by atoms with E-state index < -0.39 is 42.5 Å². The zero-order valence-electron chi connectivity index (χ0n) is 18.0. The zero-order chi connectivity index (χ0) is 23.9. The molecule has 0 aliphatic carbocycles. The van der Waals surface area contributed by atoms with Crippen LogP contribution >= 0.6 is 0 Å². The molecule has 34 heavy (non-hydrogen) atoms. The molecule has 8 nitrogen and oxygen atoms in total. The van der Waals surface area contributed by atoms with E-state index in [2.05, 4.69) is 0 Å². The van der Waals surface area contributed by atoms with Gasteiger partial charge in [-0.05, 0) is 36.4 Å². The lowest BCUT2D eigenvalue weighted by Crippen LogP contribution is -2.42. The molecule has 1 saturated heterocycles. The lowest BCUT2D eigenvalue weighted by Gasteiger charge is -2.23. The summed E-state index contributed by atoms with van der Waals surface area (Å²) in [5.41, 5.74) is 0.838. The highest BCUT2D eigenvalue weighted by Gasteiger charge is 2.50. The number of ether oxygens (including phenoxy) is 4. The van der Waals surface area contributed by atoms with Gasteiger partial charge in [-0.25, -0.2) is 14.4 Å². The van der Waals surface area contributed by atoms with Crippen LogP contribution in [0.25, 0.3) is 0 Å². The van der Waals surface area contributed by atoms with Gasteiger partial charge in [0.1, 0.15) is 12.7 Å². The van der Waals surface area contributed by atoms with Gasteiger partial charge in [0.05, 0.1) is 16.7 Å². The van der Waals surface area contributed by atoms with E-state index in [0.717, 1.165) is 0 Å². The van der Waals surface area contributed by atoms with E-state index >= 15 is 0 Å². The lowest BCUT2D eigenvalue weighted by atomic mass is 10.1. The first kappa shape index (κ1) is 23.2. The van der Waals surface area contributed by atoms with Crippen LogP contribution in [0, 0.1) is 0 Å². The van der Waals surface area contributed by atoms with Gasteiger partial charge in [-0.2, -0.15) is 0 Å². The van der Waals surface area contributed by atoms with Crippen LogP contribution in [-0.4, -0.2) is 54.2 Å². The van der Waals surface area contributed by atoms with E-state index in [1.165, 1.54) is 0 Å². The average Bonchev–Trinajstić information content (AvgIpc) is 3.17. The van der Waals surface area contributed by atoms with Gasteiger partial charge in [-0.3, -0.25) is 0 Å². The molecule has 1 N–H and O–H groups in total. The smallest absolute Gasteiger partial charge is 0.338 e. The Labute approximate surface area is 195 Å². The molecule has 3 aromatic rings. The Balaban J connectivity index is 1.51. The molecule has 1 fully saturated rings. The maximum Gasteiger partial charge on any atom is 0.338 e. The fourth-order valence-electron chi connectivity index (χ4n) is 3.46. The normalized spacial score (nSPS) is 21.4. The van der Waals surface area contributed by atoms with Gasteiger partial charge in [-0.15, -0.1) is 0 Å². The largest absolute Gasteiger partial charge is 0.459 e. The Morgan fingerprint density at radius 3 is 1.53 bits per heavy atom. The van der Waals surface area contributed by atoms with Crippen molar-refractivity contribution < 1.29 is 38.4 Å². The van der Waals surface area contributed by atoms with E-state index in [1.807, 2.05) is 0 Å². The Morgan fingerprint density at radius 2 is 1.06 bits per heavy atom. The molecule has 8 heteroatoms. The van der Waals surface area contributed by atoms with Crippen LogP contribution in [0.5, 0.6) is 0 Å². The summed E-state index contributed by atoms with van der Waals surface area (Å²) in [5, 5.41) is 10.5. The van der Waals surface area contributed by atoms with Crippen LogP contribution in [0.4, 0.5) is 0 Å². The lowest BCUT2D eigenvalue weighted by molar-refractivity contribution is -0.135. The summed E-state index contributed by atoms with van der Waals surface area (Å²) in [4.78, 5) is 37.6. The first-order chi connectivity index (χ1) is 16.5. The van der Waals surface area contributed by atoms with Crippen LogP contribution in [-0.2, 0) is 18.9 Å². The summed E-state index contributed by atoms with van der Waals surface area (Å²) < 4.78 is 21.8. The molecule has 1 heterocycles. The molecule has 0 saturated carbocycles. The summed E-state index contributed by atoms with van der Waals surface area (Å²) in [6, 6.07) is 24.7. The molecule has 1 aliphatic heterocycles. The Bertz CT molecular complexity index is 1120. The van der Waals surface area contributed by atoms with Gasteiger partial charge in [0.2, 0.25) is 0 Å². The van der Waals surface area contributed by atoms with Crippen LogP contribution in [0.1, 0.15) is 31.1 Å². The van der Waals surface area contributed by atoms with Crippen molar-refractivity contribution in [2.24, 2.45) is 0 Å². The predicted octanol–water partition coefficient (Wildman–Crippen LogP) is 3.01. The maximum absolute atomic E-state index is 12.7. The molecular weight excluding hydrogens is 440 g/mol. The Hall–Kier alpha value is -4.01. The molecule has 0 spiro atoms. The second-order valence-corrected chi connectivity index (χ2v) is 7.50. The zero-order valence-corrected chi connectivity index (χ0v) is 18.0. The quantitative estimate of drug-likeness (QED) is 0.422. The van der Waals surface area contributed by atoms with Gasteiger partial charge in [-0.1, -0.05) is 54.6 Å². The highest BCUT2D eigenvalue weighted by molar-refractivity contribution is 5.90. The highest BCUT2D eigenvalue weighted by Crippen LogP contribution is 2.28. The van der Waals surface area contributed by atoms with Crippen molar-refractivity contribution >= 4 is 17.9 Å². The van der Waals surface area contributed by atoms with Gasteiger partial charge < -0.3 is 24.1 Å². The third-order valence-corrected chi connectivity index (χ3v) is 5.18.